The standard InChI is InChI=1S/C14H12N6S/c1-19(14-7-6-13-15-17-18-20(13)16-14)8-10-9-21-12-5-3-2-4-11(10)12/h2-7,9H,8H2,1H3. The fraction of sp³-hybridized carbons (Fsp3) is 0.143. The first kappa shape index (κ1) is 12.2. The molecule has 0 atom stereocenters. The summed E-state index contributed by atoms with van der Waals surface area (Å²) in [5, 5.41) is 19.2. The lowest BCUT2D eigenvalue weighted by Crippen LogP contribution is -2.18. The fourth-order valence-electron chi connectivity index (χ4n) is 2.34. The zero-order valence-corrected chi connectivity index (χ0v) is 12.2. The van der Waals surface area contributed by atoms with Crippen LogP contribution >= 0.6 is 11.3 Å². The molecule has 0 saturated carbocycles. The van der Waals surface area contributed by atoms with Gasteiger partial charge in [0.05, 0.1) is 0 Å². The maximum Gasteiger partial charge on any atom is 0.200 e. The minimum Gasteiger partial charge on any atom is -0.354 e. The highest BCUT2D eigenvalue weighted by atomic mass is 32.1. The lowest BCUT2D eigenvalue weighted by Gasteiger charge is -2.17. The molecular weight excluding hydrogens is 284 g/mol. The van der Waals surface area contributed by atoms with Crippen molar-refractivity contribution >= 4 is 32.9 Å². The van der Waals surface area contributed by atoms with Crippen molar-refractivity contribution < 1.29 is 0 Å². The van der Waals surface area contributed by atoms with Gasteiger partial charge in [0, 0.05) is 18.3 Å². The summed E-state index contributed by atoms with van der Waals surface area (Å²) in [5.41, 5.74) is 1.95. The third kappa shape index (κ3) is 2.11. The molecule has 0 aliphatic heterocycles. The van der Waals surface area contributed by atoms with Gasteiger partial charge in [0.2, 0.25) is 0 Å². The Morgan fingerprint density at radius 3 is 3.05 bits per heavy atom. The van der Waals surface area contributed by atoms with Crippen LogP contribution in [0.5, 0.6) is 0 Å². The van der Waals surface area contributed by atoms with Crippen LogP contribution < -0.4 is 4.90 Å². The summed E-state index contributed by atoms with van der Waals surface area (Å²) in [4.78, 5) is 2.09. The van der Waals surface area contributed by atoms with Gasteiger partial charge in [-0.05, 0) is 45.0 Å². The number of rotatable bonds is 3. The summed E-state index contributed by atoms with van der Waals surface area (Å²) in [6.45, 7) is 0.796. The summed E-state index contributed by atoms with van der Waals surface area (Å²) in [6, 6.07) is 12.2. The summed E-state index contributed by atoms with van der Waals surface area (Å²) in [5.74, 6) is 0.838. The van der Waals surface area contributed by atoms with Gasteiger partial charge in [-0.1, -0.05) is 18.2 Å². The Hall–Kier alpha value is -2.54. The van der Waals surface area contributed by atoms with Gasteiger partial charge in [0.15, 0.2) is 11.5 Å². The van der Waals surface area contributed by atoms with E-state index < -0.39 is 0 Å². The average molecular weight is 296 g/mol. The zero-order valence-electron chi connectivity index (χ0n) is 11.3. The molecule has 0 aliphatic rings. The number of hydrogen-bond donors (Lipinski definition) is 0. The third-order valence-electron chi connectivity index (χ3n) is 3.42. The molecule has 104 valence electrons. The second-order valence-corrected chi connectivity index (χ2v) is 5.74. The molecule has 0 bridgehead atoms. The van der Waals surface area contributed by atoms with Crippen LogP contribution in [0.1, 0.15) is 5.56 Å². The first-order valence-corrected chi connectivity index (χ1v) is 7.41. The normalized spacial score (nSPS) is 11.3. The Kier molecular flexibility index (Phi) is 2.78. The van der Waals surface area contributed by atoms with Gasteiger partial charge >= 0.3 is 0 Å². The Bertz CT molecular complexity index is 912. The van der Waals surface area contributed by atoms with E-state index in [4.69, 9.17) is 0 Å². The van der Waals surface area contributed by atoms with Crippen LogP contribution in [0.4, 0.5) is 5.82 Å². The van der Waals surface area contributed by atoms with Crippen LogP contribution in [0, 0.1) is 0 Å². The van der Waals surface area contributed by atoms with Crippen molar-refractivity contribution in [1.82, 2.24) is 25.3 Å². The Balaban J connectivity index is 1.66. The van der Waals surface area contributed by atoms with Crippen LogP contribution in [0.15, 0.2) is 41.8 Å². The van der Waals surface area contributed by atoms with E-state index in [2.05, 4.69) is 55.2 Å². The molecule has 0 spiro atoms. The maximum atomic E-state index is 4.41. The van der Waals surface area contributed by atoms with Crippen LogP contribution in [0.25, 0.3) is 15.7 Å². The van der Waals surface area contributed by atoms with Gasteiger partial charge in [-0.15, -0.1) is 26.2 Å². The predicted octanol–water partition coefficient (Wildman–Crippen LogP) is 2.37. The first-order chi connectivity index (χ1) is 10.3. The molecular formula is C14H12N6S. The van der Waals surface area contributed by atoms with E-state index in [-0.39, 0.29) is 0 Å². The van der Waals surface area contributed by atoms with E-state index in [9.17, 15) is 0 Å². The van der Waals surface area contributed by atoms with Crippen LogP contribution in [-0.4, -0.2) is 32.3 Å². The summed E-state index contributed by atoms with van der Waals surface area (Å²) < 4.78 is 2.75. The van der Waals surface area contributed by atoms with Crippen LogP contribution in [0.3, 0.4) is 0 Å². The minimum atomic E-state index is 0.646. The first-order valence-electron chi connectivity index (χ1n) is 6.53. The minimum absolute atomic E-state index is 0.646. The largest absolute Gasteiger partial charge is 0.354 e. The van der Waals surface area contributed by atoms with E-state index in [1.807, 2.05) is 19.2 Å². The quantitative estimate of drug-likeness (QED) is 0.581. The Morgan fingerprint density at radius 1 is 1.19 bits per heavy atom. The van der Waals surface area contributed by atoms with Crippen molar-refractivity contribution in [3.05, 3.63) is 47.3 Å². The van der Waals surface area contributed by atoms with Crippen LogP contribution in [0.2, 0.25) is 0 Å². The van der Waals surface area contributed by atoms with Gasteiger partial charge in [-0.3, -0.25) is 0 Å². The summed E-state index contributed by atoms with van der Waals surface area (Å²) in [6.07, 6.45) is 0. The highest BCUT2D eigenvalue weighted by Crippen LogP contribution is 2.27. The molecule has 0 fully saturated rings. The van der Waals surface area contributed by atoms with E-state index in [1.165, 1.54) is 20.3 Å². The van der Waals surface area contributed by atoms with E-state index >= 15 is 0 Å². The van der Waals surface area contributed by atoms with Gasteiger partial charge in [-0.2, -0.15) is 0 Å². The molecule has 1 aromatic carbocycles. The predicted molar refractivity (Wildman–Crippen MR) is 82.5 cm³/mol. The number of nitrogens with zero attached hydrogens (tertiary/aromatic N) is 6. The lowest BCUT2D eigenvalue weighted by molar-refractivity contribution is 0.721. The van der Waals surface area contributed by atoms with E-state index in [0.717, 1.165) is 12.4 Å². The second kappa shape index (κ2) is 4.78. The van der Waals surface area contributed by atoms with Crippen molar-refractivity contribution in [2.75, 3.05) is 11.9 Å². The molecule has 6 nitrogen and oxygen atoms in total. The molecule has 3 aromatic heterocycles. The van der Waals surface area contributed by atoms with E-state index in [1.54, 1.807) is 11.3 Å². The molecule has 0 aliphatic carbocycles. The SMILES string of the molecule is CN(Cc1csc2ccccc12)c1ccc2nnnn2n1. The lowest BCUT2D eigenvalue weighted by atomic mass is 10.2. The molecule has 0 unspecified atom stereocenters. The number of benzene rings is 1. The number of thiophene rings is 1. The van der Waals surface area contributed by atoms with Crippen molar-refractivity contribution in [2.45, 2.75) is 6.54 Å². The van der Waals surface area contributed by atoms with Crippen molar-refractivity contribution in [3.63, 3.8) is 0 Å². The molecule has 7 heteroatoms. The number of tetrazole rings is 1. The number of aromatic nitrogens is 5. The molecule has 3 heterocycles. The van der Waals surface area contributed by atoms with Gasteiger partial charge in [-0.25, -0.2) is 0 Å². The Morgan fingerprint density at radius 2 is 2.10 bits per heavy atom. The maximum absolute atomic E-state index is 4.41. The van der Waals surface area contributed by atoms with Crippen molar-refractivity contribution in [1.29, 1.82) is 0 Å². The summed E-state index contributed by atoms with van der Waals surface area (Å²) >= 11 is 1.77. The van der Waals surface area contributed by atoms with Gasteiger partial charge in [0.1, 0.15) is 0 Å². The average Bonchev–Trinajstić information content (AvgIpc) is 3.13. The van der Waals surface area contributed by atoms with Crippen molar-refractivity contribution in [2.24, 2.45) is 0 Å². The molecule has 4 rings (SSSR count). The molecule has 0 N–H and O–H groups in total. The molecule has 0 amide bonds. The second-order valence-electron chi connectivity index (χ2n) is 4.83. The number of hydrogen-bond acceptors (Lipinski definition) is 6. The highest BCUT2D eigenvalue weighted by Gasteiger charge is 2.09. The fourth-order valence-corrected chi connectivity index (χ4v) is 3.29. The smallest absolute Gasteiger partial charge is 0.200 e. The van der Waals surface area contributed by atoms with E-state index in [0.29, 0.717) is 5.65 Å². The third-order valence-corrected chi connectivity index (χ3v) is 4.43. The van der Waals surface area contributed by atoms with Gasteiger partial charge in [0.25, 0.3) is 0 Å². The van der Waals surface area contributed by atoms with Crippen molar-refractivity contribution in [3.8, 4) is 0 Å². The molecule has 0 saturated heterocycles. The number of fused-ring (bicyclic) bond motifs is 2. The molecule has 4 aromatic rings. The zero-order chi connectivity index (χ0) is 14.2. The van der Waals surface area contributed by atoms with Gasteiger partial charge < -0.3 is 4.90 Å². The summed E-state index contributed by atoms with van der Waals surface area (Å²) in [7, 11) is 2.02. The number of anilines is 1. The topological polar surface area (TPSA) is 59.2 Å². The van der Waals surface area contributed by atoms with Crippen LogP contribution in [-0.2, 0) is 6.54 Å². The molecule has 0 radical (unpaired) electrons. The highest BCUT2D eigenvalue weighted by molar-refractivity contribution is 7.17. The molecule has 21 heavy (non-hydrogen) atoms. The monoisotopic (exact) mass is 296 g/mol. The Labute approximate surface area is 124 Å².